The molecule has 16 heavy (non-hydrogen) atoms. The molecular formula is C12H12N2OS. The number of carbonyl (C=O) groups is 1. The fourth-order valence-corrected chi connectivity index (χ4v) is 2.16. The molecule has 4 heteroatoms. The van der Waals surface area contributed by atoms with E-state index in [1.165, 1.54) is 0 Å². The summed E-state index contributed by atoms with van der Waals surface area (Å²) in [7, 11) is 0. The molecule has 1 heterocycles. The van der Waals surface area contributed by atoms with Crippen molar-refractivity contribution >= 4 is 24.2 Å². The Morgan fingerprint density at radius 3 is 2.88 bits per heavy atom. The van der Waals surface area contributed by atoms with Gasteiger partial charge in [0.15, 0.2) is 0 Å². The maximum absolute atomic E-state index is 11.7. The van der Waals surface area contributed by atoms with Crippen LogP contribution in [0.2, 0.25) is 0 Å². The highest BCUT2D eigenvalue weighted by atomic mass is 32.1. The number of thiol groups is 1. The van der Waals surface area contributed by atoms with E-state index < -0.39 is 0 Å². The maximum atomic E-state index is 11.7. The van der Waals surface area contributed by atoms with Crippen LogP contribution in [0.1, 0.15) is 17.5 Å². The highest BCUT2D eigenvalue weighted by Gasteiger charge is 2.28. The average Bonchev–Trinajstić information content (AvgIpc) is 2.59. The lowest BCUT2D eigenvalue weighted by molar-refractivity contribution is -0.117. The van der Waals surface area contributed by atoms with Gasteiger partial charge in [0, 0.05) is 23.9 Å². The first kappa shape index (κ1) is 11.0. The van der Waals surface area contributed by atoms with Gasteiger partial charge in [0.1, 0.15) is 0 Å². The quantitative estimate of drug-likeness (QED) is 0.752. The van der Waals surface area contributed by atoms with Crippen molar-refractivity contribution in [1.29, 1.82) is 5.26 Å². The highest BCUT2D eigenvalue weighted by Crippen LogP contribution is 2.25. The lowest BCUT2D eigenvalue weighted by Gasteiger charge is -2.16. The van der Waals surface area contributed by atoms with Crippen molar-refractivity contribution in [3.05, 3.63) is 29.3 Å². The molecule has 0 aromatic heterocycles. The van der Waals surface area contributed by atoms with Crippen molar-refractivity contribution in [2.45, 2.75) is 18.6 Å². The molecule has 0 radical (unpaired) electrons. The van der Waals surface area contributed by atoms with E-state index in [9.17, 15) is 4.79 Å². The van der Waals surface area contributed by atoms with Crippen LogP contribution in [-0.2, 0) is 4.79 Å². The van der Waals surface area contributed by atoms with Crippen molar-refractivity contribution in [3.63, 3.8) is 0 Å². The molecule has 1 saturated heterocycles. The lowest BCUT2D eigenvalue weighted by atomic mass is 10.1. The Kier molecular flexibility index (Phi) is 2.88. The number of hydrogen-bond donors (Lipinski definition) is 1. The summed E-state index contributed by atoms with van der Waals surface area (Å²) in [6.45, 7) is 2.51. The van der Waals surface area contributed by atoms with E-state index in [0.29, 0.717) is 18.5 Å². The first-order valence-electron chi connectivity index (χ1n) is 5.11. The van der Waals surface area contributed by atoms with Gasteiger partial charge in [-0.25, -0.2) is 0 Å². The highest BCUT2D eigenvalue weighted by molar-refractivity contribution is 7.81. The standard InChI is InChI=1S/C12H12N2OS/c1-8-2-3-10(4-9(8)6-13)14-7-11(16)5-12(14)15/h2-4,11,16H,5,7H2,1H3. The first-order valence-corrected chi connectivity index (χ1v) is 5.62. The summed E-state index contributed by atoms with van der Waals surface area (Å²) in [5.74, 6) is 0.0766. The van der Waals surface area contributed by atoms with Gasteiger partial charge in [-0.1, -0.05) is 6.07 Å². The van der Waals surface area contributed by atoms with Gasteiger partial charge in [0.05, 0.1) is 11.6 Å². The second kappa shape index (κ2) is 4.18. The topological polar surface area (TPSA) is 44.1 Å². The number of hydrogen-bond acceptors (Lipinski definition) is 3. The van der Waals surface area contributed by atoms with E-state index >= 15 is 0 Å². The molecule has 82 valence electrons. The van der Waals surface area contributed by atoms with Crippen LogP contribution in [-0.4, -0.2) is 17.7 Å². The zero-order valence-electron chi connectivity index (χ0n) is 8.97. The van der Waals surface area contributed by atoms with E-state index in [2.05, 4.69) is 18.7 Å². The van der Waals surface area contributed by atoms with Crippen LogP contribution in [0.3, 0.4) is 0 Å². The summed E-state index contributed by atoms with van der Waals surface area (Å²) in [4.78, 5) is 13.4. The van der Waals surface area contributed by atoms with Crippen LogP contribution in [0.5, 0.6) is 0 Å². The minimum absolute atomic E-state index is 0.0766. The maximum Gasteiger partial charge on any atom is 0.228 e. The van der Waals surface area contributed by atoms with Gasteiger partial charge in [-0.05, 0) is 24.6 Å². The lowest BCUT2D eigenvalue weighted by Crippen LogP contribution is -2.24. The molecular weight excluding hydrogens is 220 g/mol. The molecule has 0 aliphatic carbocycles. The number of nitrogens with zero attached hydrogens (tertiary/aromatic N) is 2. The summed E-state index contributed by atoms with van der Waals surface area (Å²) < 4.78 is 0. The van der Waals surface area contributed by atoms with Crippen LogP contribution < -0.4 is 4.90 Å². The Labute approximate surface area is 100 Å². The van der Waals surface area contributed by atoms with E-state index in [4.69, 9.17) is 5.26 Å². The Morgan fingerprint density at radius 2 is 2.31 bits per heavy atom. The molecule has 0 saturated carbocycles. The summed E-state index contributed by atoms with van der Waals surface area (Å²) >= 11 is 4.30. The molecule has 0 bridgehead atoms. The Morgan fingerprint density at radius 1 is 1.56 bits per heavy atom. The van der Waals surface area contributed by atoms with Crippen molar-refractivity contribution in [1.82, 2.24) is 0 Å². The third-order valence-corrected chi connectivity index (χ3v) is 3.10. The van der Waals surface area contributed by atoms with E-state index in [0.717, 1.165) is 11.3 Å². The molecule has 3 nitrogen and oxygen atoms in total. The molecule has 1 aliphatic rings. The SMILES string of the molecule is Cc1ccc(N2CC(S)CC2=O)cc1C#N. The Bertz CT molecular complexity index is 478. The largest absolute Gasteiger partial charge is 0.311 e. The van der Waals surface area contributed by atoms with Crippen molar-refractivity contribution in [3.8, 4) is 6.07 Å². The average molecular weight is 232 g/mol. The smallest absolute Gasteiger partial charge is 0.228 e. The predicted molar refractivity (Wildman–Crippen MR) is 65.6 cm³/mol. The number of amides is 1. The summed E-state index contributed by atoms with van der Waals surface area (Å²) in [6, 6.07) is 7.63. The predicted octanol–water partition coefficient (Wildman–Crippen LogP) is 1.90. The van der Waals surface area contributed by atoms with Crippen LogP contribution >= 0.6 is 12.6 Å². The zero-order valence-corrected chi connectivity index (χ0v) is 9.87. The fraction of sp³-hybridized carbons (Fsp3) is 0.333. The van der Waals surface area contributed by atoms with Gasteiger partial charge >= 0.3 is 0 Å². The van der Waals surface area contributed by atoms with E-state index in [1.54, 1.807) is 11.0 Å². The number of aryl methyl sites for hydroxylation is 1. The summed E-state index contributed by atoms with van der Waals surface area (Å²) in [5, 5.41) is 9.03. The summed E-state index contributed by atoms with van der Waals surface area (Å²) in [6.07, 6.45) is 0.471. The molecule has 2 rings (SSSR count). The van der Waals surface area contributed by atoms with Crippen LogP contribution in [0, 0.1) is 18.3 Å². The van der Waals surface area contributed by atoms with E-state index in [-0.39, 0.29) is 11.2 Å². The minimum atomic E-state index is 0.0766. The monoisotopic (exact) mass is 232 g/mol. The van der Waals surface area contributed by atoms with Gasteiger partial charge in [-0.15, -0.1) is 0 Å². The zero-order chi connectivity index (χ0) is 11.7. The van der Waals surface area contributed by atoms with Crippen molar-refractivity contribution in [2.24, 2.45) is 0 Å². The molecule has 1 aromatic carbocycles. The second-order valence-corrected chi connectivity index (χ2v) is 4.70. The van der Waals surface area contributed by atoms with Gasteiger partial charge in [0.2, 0.25) is 5.91 Å². The third-order valence-electron chi connectivity index (χ3n) is 2.76. The van der Waals surface area contributed by atoms with Crippen LogP contribution in [0.4, 0.5) is 5.69 Å². The van der Waals surface area contributed by atoms with Gasteiger partial charge in [-0.3, -0.25) is 4.79 Å². The van der Waals surface area contributed by atoms with Crippen LogP contribution in [0.25, 0.3) is 0 Å². The molecule has 1 aromatic rings. The molecule has 1 amide bonds. The number of carbonyl (C=O) groups excluding carboxylic acids is 1. The van der Waals surface area contributed by atoms with E-state index in [1.807, 2.05) is 19.1 Å². The van der Waals surface area contributed by atoms with Crippen molar-refractivity contribution in [2.75, 3.05) is 11.4 Å². The number of anilines is 1. The molecule has 1 fully saturated rings. The van der Waals surface area contributed by atoms with Gasteiger partial charge in [-0.2, -0.15) is 17.9 Å². The van der Waals surface area contributed by atoms with Gasteiger partial charge < -0.3 is 4.90 Å². The molecule has 1 aliphatic heterocycles. The molecule has 0 N–H and O–H groups in total. The first-order chi connectivity index (χ1) is 7.61. The second-order valence-electron chi connectivity index (χ2n) is 3.97. The minimum Gasteiger partial charge on any atom is -0.311 e. The molecule has 0 spiro atoms. The third kappa shape index (κ3) is 1.91. The van der Waals surface area contributed by atoms with Gasteiger partial charge in [0.25, 0.3) is 0 Å². The summed E-state index contributed by atoms with van der Waals surface area (Å²) in [5.41, 5.74) is 2.34. The normalized spacial score (nSPS) is 19.9. The fourth-order valence-electron chi connectivity index (χ4n) is 1.84. The molecule has 1 atom stereocenters. The van der Waals surface area contributed by atoms with Crippen LogP contribution in [0.15, 0.2) is 18.2 Å². The number of nitriles is 1. The number of rotatable bonds is 1. The Balaban J connectivity index is 2.35. The number of benzene rings is 1. The Hall–Kier alpha value is -1.47. The molecule has 1 unspecified atom stereocenters. The van der Waals surface area contributed by atoms with Crippen molar-refractivity contribution < 1.29 is 4.79 Å².